The Morgan fingerprint density at radius 2 is 2.03 bits per heavy atom. The van der Waals surface area contributed by atoms with Crippen LogP contribution in [0.4, 0.5) is 8.78 Å². The minimum absolute atomic E-state index is 0.00185. The molecule has 0 radical (unpaired) electrons. The summed E-state index contributed by atoms with van der Waals surface area (Å²) in [5.41, 5.74) is 4.06. The van der Waals surface area contributed by atoms with Gasteiger partial charge in [0, 0.05) is 35.6 Å². The van der Waals surface area contributed by atoms with Gasteiger partial charge in [-0.05, 0) is 36.1 Å². The van der Waals surface area contributed by atoms with Crippen LogP contribution in [0.15, 0.2) is 48.7 Å². The van der Waals surface area contributed by atoms with Gasteiger partial charge in [-0.15, -0.1) is 5.10 Å². The number of carboxylic acids is 1. The van der Waals surface area contributed by atoms with Crippen molar-refractivity contribution >= 4 is 16.9 Å². The van der Waals surface area contributed by atoms with E-state index in [1.807, 2.05) is 28.9 Å². The summed E-state index contributed by atoms with van der Waals surface area (Å²) in [6.07, 6.45) is 3.35. The molecular weight excluding hydrogens is 402 g/mol. The fraction of sp³-hybridized carbons (Fsp3) is 0.261. The molecule has 0 bridgehead atoms. The fourth-order valence-electron chi connectivity index (χ4n) is 4.63. The van der Waals surface area contributed by atoms with Crippen LogP contribution < -0.4 is 0 Å². The smallest absolute Gasteiger partial charge is 0.307 e. The highest BCUT2D eigenvalue weighted by Gasteiger charge is 2.28. The Labute approximate surface area is 176 Å². The number of aromatic nitrogens is 4. The molecule has 6 nitrogen and oxygen atoms in total. The Balaban J connectivity index is 1.48. The Kier molecular flexibility index (Phi) is 4.77. The molecule has 0 spiro atoms. The fourth-order valence-corrected chi connectivity index (χ4v) is 4.63. The largest absolute Gasteiger partial charge is 0.481 e. The summed E-state index contributed by atoms with van der Waals surface area (Å²) in [5, 5.41) is 18.6. The number of aliphatic carboxylic acids is 1. The first-order chi connectivity index (χ1) is 15.0. The topological polar surface area (TPSA) is 72.9 Å². The van der Waals surface area contributed by atoms with E-state index in [4.69, 9.17) is 0 Å². The Morgan fingerprint density at radius 1 is 1.19 bits per heavy atom. The van der Waals surface area contributed by atoms with Crippen molar-refractivity contribution < 1.29 is 18.7 Å². The lowest BCUT2D eigenvalue weighted by atomic mass is 10.00. The van der Waals surface area contributed by atoms with E-state index in [1.165, 1.54) is 12.1 Å². The quantitative estimate of drug-likeness (QED) is 0.529. The van der Waals surface area contributed by atoms with Gasteiger partial charge < -0.3 is 9.67 Å². The maximum Gasteiger partial charge on any atom is 0.307 e. The molecule has 1 unspecified atom stereocenters. The molecule has 2 aromatic heterocycles. The second-order valence-corrected chi connectivity index (χ2v) is 7.90. The predicted molar refractivity (Wildman–Crippen MR) is 110 cm³/mol. The zero-order valence-corrected chi connectivity index (χ0v) is 16.6. The van der Waals surface area contributed by atoms with Crippen molar-refractivity contribution in [2.75, 3.05) is 0 Å². The van der Waals surface area contributed by atoms with E-state index in [2.05, 4.69) is 14.9 Å². The van der Waals surface area contributed by atoms with Gasteiger partial charge in [0.15, 0.2) is 0 Å². The molecule has 1 aliphatic rings. The summed E-state index contributed by atoms with van der Waals surface area (Å²) < 4.78 is 31.4. The van der Waals surface area contributed by atoms with Gasteiger partial charge in [-0.2, -0.15) is 0 Å². The summed E-state index contributed by atoms with van der Waals surface area (Å²) >= 11 is 0. The second-order valence-electron chi connectivity index (χ2n) is 7.90. The average Bonchev–Trinajstić information content (AvgIpc) is 3.33. The molecule has 31 heavy (non-hydrogen) atoms. The van der Waals surface area contributed by atoms with Crippen molar-refractivity contribution in [1.82, 2.24) is 19.6 Å². The Hall–Kier alpha value is -3.55. The number of para-hydroxylation sites is 1. The normalized spacial score (nSPS) is 15.9. The van der Waals surface area contributed by atoms with Gasteiger partial charge in [-0.1, -0.05) is 29.5 Å². The summed E-state index contributed by atoms with van der Waals surface area (Å²) in [7, 11) is 0. The van der Waals surface area contributed by atoms with Crippen LogP contribution in [-0.4, -0.2) is 30.6 Å². The van der Waals surface area contributed by atoms with Gasteiger partial charge in [0.25, 0.3) is 0 Å². The number of rotatable bonds is 5. The van der Waals surface area contributed by atoms with Crippen LogP contribution in [0.5, 0.6) is 0 Å². The molecule has 0 aliphatic carbocycles. The van der Waals surface area contributed by atoms with Crippen LogP contribution in [0, 0.1) is 11.6 Å². The molecule has 1 aliphatic heterocycles. The zero-order chi connectivity index (χ0) is 21.5. The van der Waals surface area contributed by atoms with Crippen LogP contribution in [-0.2, 0) is 30.6 Å². The number of nitrogens with zero attached hydrogens (tertiary/aromatic N) is 4. The lowest BCUT2D eigenvalue weighted by Gasteiger charge is -2.27. The summed E-state index contributed by atoms with van der Waals surface area (Å²) in [6.45, 7) is 0.623. The SMILES string of the molecule is O=C(O)Cc1c2n(c3ccccc13)CC(n1nncc1Cc1ccc(F)cc1F)CC2. The molecule has 2 aromatic carbocycles. The first-order valence-corrected chi connectivity index (χ1v) is 10.1. The molecule has 1 atom stereocenters. The van der Waals surface area contributed by atoms with Gasteiger partial charge >= 0.3 is 5.97 Å². The maximum atomic E-state index is 14.2. The first-order valence-electron chi connectivity index (χ1n) is 10.1. The second kappa shape index (κ2) is 7.61. The number of carboxylic acid groups (broad SMARTS) is 1. The molecule has 158 valence electrons. The highest BCUT2D eigenvalue weighted by Crippen LogP contribution is 2.35. The van der Waals surface area contributed by atoms with Gasteiger partial charge in [0.05, 0.1) is 24.4 Å². The van der Waals surface area contributed by atoms with Crippen LogP contribution in [0.3, 0.4) is 0 Å². The molecule has 8 heteroatoms. The van der Waals surface area contributed by atoms with Crippen molar-refractivity contribution in [1.29, 1.82) is 0 Å². The summed E-state index contributed by atoms with van der Waals surface area (Å²) in [5.74, 6) is -2.04. The van der Waals surface area contributed by atoms with Crippen molar-refractivity contribution in [3.63, 3.8) is 0 Å². The molecule has 0 saturated heterocycles. The van der Waals surface area contributed by atoms with Crippen molar-refractivity contribution in [2.45, 2.75) is 38.3 Å². The van der Waals surface area contributed by atoms with E-state index >= 15 is 0 Å². The average molecular weight is 422 g/mol. The van der Waals surface area contributed by atoms with Gasteiger partial charge in [0.2, 0.25) is 0 Å². The van der Waals surface area contributed by atoms with Crippen molar-refractivity contribution in [3.05, 3.63) is 82.8 Å². The minimum Gasteiger partial charge on any atom is -0.481 e. The molecule has 4 aromatic rings. The first kappa shape index (κ1) is 19.4. The van der Waals surface area contributed by atoms with Crippen LogP contribution in [0.25, 0.3) is 10.9 Å². The number of halogens is 2. The van der Waals surface area contributed by atoms with Crippen LogP contribution >= 0.6 is 0 Å². The number of hydrogen-bond donors (Lipinski definition) is 1. The van der Waals surface area contributed by atoms with E-state index in [9.17, 15) is 18.7 Å². The molecular formula is C23H20F2N4O2. The third-order valence-electron chi connectivity index (χ3n) is 6.01. The van der Waals surface area contributed by atoms with E-state index in [1.54, 1.807) is 6.20 Å². The monoisotopic (exact) mass is 422 g/mol. The summed E-state index contributed by atoms with van der Waals surface area (Å²) in [4.78, 5) is 11.4. The minimum atomic E-state index is -0.846. The van der Waals surface area contributed by atoms with E-state index in [0.29, 0.717) is 18.5 Å². The van der Waals surface area contributed by atoms with Crippen molar-refractivity contribution in [2.24, 2.45) is 0 Å². The molecule has 0 amide bonds. The highest BCUT2D eigenvalue weighted by atomic mass is 19.1. The highest BCUT2D eigenvalue weighted by molar-refractivity contribution is 5.89. The number of carbonyl (C=O) groups is 1. The third kappa shape index (κ3) is 3.48. The molecule has 1 N–H and O–H groups in total. The van der Waals surface area contributed by atoms with E-state index < -0.39 is 17.6 Å². The molecule has 3 heterocycles. The number of benzene rings is 2. The van der Waals surface area contributed by atoms with Crippen molar-refractivity contribution in [3.8, 4) is 0 Å². The van der Waals surface area contributed by atoms with E-state index in [0.717, 1.165) is 40.3 Å². The zero-order valence-electron chi connectivity index (χ0n) is 16.6. The predicted octanol–water partition coefficient (Wildman–Crippen LogP) is 3.92. The Morgan fingerprint density at radius 3 is 2.84 bits per heavy atom. The van der Waals surface area contributed by atoms with Crippen LogP contribution in [0.2, 0.25) is 0 Å². The molecule has 0 fully saturated rings. The lowest BCUT2D eigenvalue weighted by molar-refractivity contribution is -0.136. The summed E-state index contributed by atoms with van der Waals surface area (Å²) in [6, 6.07) is 11.4. The number of hydrogen-bond acceptors (Lipinski definition) is 3. The van der Waals surface area contributed by atoms with Gasteiger partial charge in [0.1, 0.15) is 11.6 Å². The Bertz CT molecular complexity index is 1290. The van der Waals surface area contributed by atoms with Gasteiger partial charge in [-0.25, -0.2) is 13.5 Å². The molecule has 5 rings (SSSR count). The van der Waals surface area contributed by atoms with E-state index in [-0.39, 0.29) is 18.9 Å². The third-order valence-corrected chi connectivity index (χ3v) is 6.01. The standard InChI is InChI=1S/C23H20F2N4O2/c24-15-6-5-14(20(25)10-15)9-17-12-26-27-29(17)16-7-8-22-19(11-23(30)31)18-3-1-2-4-21(18)28(22)13-16/h1-6,10,12,16H,7-9,11,13H2,(H,30,31). The lowest BCUT2D eigenvalue weighted by Crippen LogP contribution is -2.26. The number of fused-ring (bicyclic) bond motifs is 3. The maximum absolute atomic E-state index is 14.2. The van der Waals surface area contributed by atoms with Gasteiger partial charge in [-0.3, -0.25) is 4.79 Å². The molecule has 0 saturated carbocycles. The van der Waals surface area contributed by atoms with Crippen LogP contribution in [0.1, 0.15) is 35.0 Å².